The zero-order valence-corrected chi connectivity index (χ0v) is 32.0. The summed E-state index contributed by atoms with van der Waals surface area (Å²) in [5.74, 6) is 0. The number of unbranched alkanes of at least 4 members (excludes halogenated alkanes) is 11. The molecule has 4 heterocycles. The molecule has 1 aromatic rings. The Kier molecular flexibility index (Phi) is 15.2. The lowest BCUT2D eigenvalue weighted by Crippen LogP contribution is -2.01. The number of nitrogens with zero attached hydrogens (tertiary/aromatic N) is 3. The second kappa shape index (κ2) is 19.2. The normalized spacial score (nSPS) is 19.5. The summed E-state index contributed by atoms with van der Waals surface area (Å²) in [5.41, 5.74) is 17.4. The highest BCUT2D eigenvalue weighted by atomic mass is 14.8. The van der Waals surface area contributed by atoms with Crippen LogP contribution in [0.2, 0.25) is 0 Å². The molecule has 0 saturated heterocycles. The van der Waals surface area contributed by atoms with E-state index in [1.54, 1.807) is 0 Å². The first-order valence-electron chi connectivity index (χ1n) is 19.6. The highest BCUT2D eigenvalue weighted by Crippen LogP contribution is 2.34. The van der Waals surface area contributed by atoms with Crippen molar-refractivity contribution < 1.29 is 0 Å². The Hall–Kier alpha value is -3.01. The van der Waals surface area contributed by atoms with E-state index in [0.29, 0.717) is 0 Å². The molecule has 0 spiro atoms. The Bertz CT molecular complexity index is 1500. The third-order valence-corrected chi connectivity index (χ3v) is 10.9. The molecule has 1 unspecified atom stereocenters. The molecule has 0 aromatic carbocycles. The maximum atomic E-state index is 5.11. The Morgan fingerprint density at radius 2 is 1.10 bits per heavy atom. The van der Waals surface area contributed by atoms with E-state index in [1.165, 1.54) is 152 Å². The van der Waals surface area contributed by atoms with Gasteiger partial charge in [-0.2, -0.15) is 0 Å². The van der Waals surface area contributed by atoms with Crippen LogP contribution in [-0.4, -0.2) is 29.2 Å². The van der Waals surface area contributed by atoms with Gasteiger partial charge in [0.1, 0.15) is 0 Å². The topological polar surface area (TPSA) is 52.9 Å². The largest absolute Gasteiger partial charge is 0.359 e. The van der Waals surface area contributed by atoms with E-state index in [1.807, 2.05) is 0 Å². The molecule has 262 valence electrons. The fourth-order valence-electron chi connectivity index (χ4n) is 7.74. The van der Waals surface area contributed by atoms with Crippen molar-refractivity contribution in [3.05, 3.63) is 73.4 Å². The van der Waals surface area contributed by atoms with Crippen LogP contribution in [0.25, 0.3) is 6.08 Å². The van der Waals surface area contributed by atoms with Gasteiger partial charge in [-0.1, -0.05) is 78.1 Å². The molecule has 4 nitrogen and oxygen atoms in total. The molecule has 1 N–H and O–H groups in total. The highest BCUT2D eigenvalue weighted by Gasteiger charge is 2.23. The monoisotopic (exact) mass is 651 g/mol. The summed E-state index contributed by atoms with van der Waals surface area (Å²) < 4.78 is 0. The zero-order chi connectivity index (χ0) is 34.5. The minimum Gasteiger partial charge on any atom is -0.359 e. The highest BCUT2D eigenvalue weighted by molar-refractivity contribution is 6.01. The van der Waals surface area contributed by atoms with Gasteiger partial charge in [-0.3, -0.25) is 15.0 Å². The zero-order valence-electron chi connectivity index (χ0n) is 32.0. The minimum absolute atomic E-state index is 0.129. The number of aryl methyl sites for hydroxylation is 1. The van der Waals surface area contributed by atoms with Crippen molar-refractivity contribution in [1.29, 1.82) is 0 Å². The molecule has 0 aliphatic carbocycles. The van der Waals surface area contributed by atoms with Gasteiger partial charge in [0.25, 0.3) is 0 Å². The van der Waals surface area contributed by atoms with Crippen LogP contribution in [0, 0.1) is 13.8 Å². The van der Waals surface area contributed by atoms with Crippen molar-refractivity contribution in [3.8, 4) is 0 Å². The summed E-state index contributed by atoms with van der Waals surface area (Å²) in [6.07, 6.45) is 31.5. The molecular weight excluding hydrogens is 585 g/mol. The molecule has 0 amide bonds. The van der Waals surface area contributed by atoms with Crippen LogP contribution in [0.1, 0.15) is 173 Å². The number of aromatic amines is 1. The van der Waals surface area contributed by atoms with Crippen LogP contribution in [-0.2, 0) is 6.42 Å². The number of hydrogen-bond acceptors (Lipinski definition) is 3. The number of allylic oxidation sites excluding steroid dienone is 5. The number of aromatic nitrogens is 1. The lowest BCUT2D eigenvalue weighted by atomic mass is 9.95. The molecule has 3 aliphatic rings. The third-order valence-electron chi connectivity index (χ3n) is 10.9. The first-order chi connectivity index (χ1) is 23.2. The smallest absolute Gasteiger partial charge is 0.0920 e. The van der Waals surface area contributed by atoms with Crippen molar-refractivity contribution in [3.63, 3.8) is 0 Å². The van der Waals surface area contributed by atoms with Gasteiger partial charge in [0, 0.05) is 29.5 Å². The molecule has 0 fully saturated rings. The van der Waals surface area contributed by atoms with E-state index in [0.717, 1.165) is 37.1 Å². The summed E-state index contributed by atoms with van der Waals surface area (Å²) in [6, 6.07) is 0.129. The summed E-state index contributed by atoms with van der Waals surface area (Å²) in [6.45, 7) is 18.0. The third kappa shape index (κ3) is 10.3. The van der Waals surface area contributed by atoms with Crippen LogP contribution in [0.5, 0.6) is 0 Å². The molecule has 0 bridgehead atoms. The van der Waals surface area contributed by atoms with Gasteiger partial charge < -0.3 is 4.98 Å². The van der Waals surface area contributed by atoms with Gasteiger partial charge in [0.15, 0.2) is 0 Å². The Labute approximate surface area is 293 Å². The molecule has 3 aliphatic heterocycles. The van der Waals surface area contributed by atoms with Crippen LogP contribution in [0.3, 0.4) is 0 Å². The molecule has 4 heteroatoms. The van der Waals surface area contributed by atoms with Gasteiger partial charge in [0.05, 0.1) is 17.4 Å². The fraction of sp³-hybridized carbons (Fsp3) is 0.614. The summed E-state index contributed by atoms with van der Waals surface area (Å²) >= 11 is 0. The van der Waals surface area contributed by atoms with Crippen LogP contribution >= 0.6 is 0 Å². The van der Waals surface area contributed by atoms with Crippen molar-refractivity contribution in [2.24, 2.45) is 15.0 Å². The SMILES string of the molecule is CCCCCCCCC1=C(C)C=N/C1=C\c1[nH]c(C)c(CCCCC2=C(C)C(/C=C3\N=CC(C)=C3CCCCCCCC)N=C2C)c1C. The standard InChI is InChI=1S/C44H66N4/c1-9-11-13-15-17-19-23-37-31(3)29-45-43(37)27-41-33(5)39(35(7)47-41)25-21-22-26-40-34(6)42(48-36(40)8)28-44-38(32(4)30-46-44)24-20-18-16-14-12-10-2/h27-30,41,48H,9-26H2,1-8H3/b43-27-,44-28-. The van der Waals surface area contributed by atoms with E-state index in [-0.39, 0.29) is 6.04 Å². The maximum absolute atomic E-state index is 5.11. The van der Waals surface area contributed by atoms with Gasteiger partial charge in [-0.25, -0.2) is 0 Å². The second-order valence-electron chi connectivity index (χ2n) is 14.8. The number of H-pyrrole nitrogens is 1. The van der Waals surface area contributed by atoms with Gasteiger partial charge in [0.2, 0.25) is 0 Å². The Balaban J connectivity index is 1.30. The first-order valence-corrected chi connectivity index (χ1v) is 19.6. The summed E-state index contributed by atoms with van der Waals surface area (Å²) in [4.78, 5) is 18.5. The molecule has 1 atom stereocenters. The number of rotatable bonds is 21. The maximum Gasteiger partial charge on any atom is 0.0920 e. The van der Waals surface area contributed by atoms with Gasteiger partial charge >= 0.3 is 0 Å². The first kappa shape index (κ1) is 37.8. The summed E-state index contributed by atoms with van der Waals surface area (Å²) in [7, 11) is 0. The molecule has 0 saturated carbocycles. The van der Waals surface area contributed by atoms with Crippen molar-refractivity contribution in [1.82, 2.24) is 4.98 Å². The fourth-order valence-corrected chi connectivity index (χ4v) is 7.74. The quantitative estimate of drug-likeness (QED) is 0.129. The minimum atomic E-state index is 0.129. The summed E-state index contributed by atoms with van der Waals surface area (Å²) in [5, 5.41) is 0. The van der Waals surface area contributed by atoms with Crippen molar-refractivity contribution >= 4 is 24.2 Å². The molecule has 4 rings (SSSR count). The van der Waals surface area contributed by atoms with Crippen LogP contribution in [0.15, 0.2) is 65.9 Å². The molecule has 0 radical (unpaired) electrons. The van der Waals surface area contributed by atoms with Gasteiger partial charge in [-0.15, -0.1) is 0 Å². The molecular formula is C44H66N4. The van der Waals surface area contributed by atoms with E-state index in [2.05, 4.69) is 85.0 Å². The molecule has 48 heavy (non-hydrogen) atoms. The lowest BCUT2D eigenvalue weighted by molar-refractivity contribution is 0.607. The Morgan fingerprint density at radius 3 is 1.73 bits per heavy atom. The van der Waals surface area contributed by atoms with E-state index in [4.69, 9.17) is 15.0 Å². The van der Waals surface area contributed by atoms with E-state index < -0.39 is 0 Å². The lowest BCUT2D eigenvalue weighted by Gasteiger charge is -2.10. The van der Waals surface area contributed by atoms with Crippen LogP contribution in [0.4, 0.5) is 0 Å². The number of hydrogen-bond donors (Lipinski definition) is 1. The average molecular weight is 651 g/mol. The predicted octanol–water partition coefficient (Wildman–Crippen LogP) is 13.0. The number of aliphatic imine (C=N–C) groups is 3. The van der Waals surface area contributed by atoms with Crippen molar-refractivity contribution in [2.45, 2.75) is 177 Å². The second-order valence-corrected chi connectivity index (χ2v) is 14.8. The van der Waals surface area contributed by atoms with E-state index in [9.17, 15) is 0 Å². The van der Waals surface area contributed by atoms with Gasteiger partial charge in [-0.05, 0) is 150 Å². The average Bonchev–Trinajstić information content (AvgIpc) is 3.76. The van der Waals surface area contributed by atoms with Crippen LogP contribution < -0.4 is 0 Å². The Morgan fingerprint density at radius 1 is 0.604 bits per heavy atom. The van der Waals surface area contributed by atoms with E-state index >= 15 is 0 Å². The number of nitrogens with one attached hydrogen (secondary N) is 1. The predicted molar refractivity (Wildman–Crippen MR) is 212 cm³/mol. The molecule has 1 aromatic heterocycles. The van der Waals surface area contributed by atoms with Crippen molar-refractivity contribution in [2.75, 3.05) is 0 Å².